The molecule has 3 N–H and O–H groups in total. The van der Waals surface area contributed by atoms with Crippen molar-refractivity contribution in [2.75, 3.05) is 11.9 Å². The van der Waals surface area contributed by atoms with Crippen LogP contribution >= 0.6 is 0 Å². The summed E-state index contributed by atoms with van der Waals surface area (Å²) < 4.78 is 5.50. The van der Waals surface area contributed by atoms with Crippen LogP contribution in [0.25, 0.3) is 0 Å². The first-order valence-electron chi connectivity index (χ1n) is 8.76. The van der Waals surface area contributed by atoms with Gasteiger partial charge in [0.1, 0.15) is 11.3 Å². The van der Waals surface area contributed by atoms with Gasteiger partial charge in [0.05, 0.1) is 12.3 Å². The van der Waals surface area contributed by atoms with E-state index in [1.165, 1.54) is 0 Å². The molecule has 0 saturated carbocycles. The van der Waals surface area contributed by atoms with Gasteiger partial charge in [0.2, 0.25) is 5.91 Å². The summed E-state index contributed by atoms with van der Waals surface area (Å²) in [6.45, 7) is 2.35. The lowest BCUT2D eigenvalue weighted by molar-refractivity contribution is -0.125. The molecule has 27 heavy (non-hydrogen) atoms. The van der Waals surface area contributed by atoms with Crippen molar-refractivity contribution in [2.45, 2.75) is 25.3 Å². The van der Waals surface area contributed by atoms with Crippen molar-refractivity contribution in [3.63, 3.8) is 0 Å². The van der Waals surface area contributed by atoms with Crippen LogP contribution in [0, 0.1) is 0 Å². The molecule has 1 aliphatic rings. The summed E-state index contributed by atoms with van der Waals surface area (Å²) in [6, 6.07) is 15.5. The Balaban J connectivity index is 1.74. The molecule has 140 valence electrons. The molecule has 0 aromatic heterocycles. The van der Waals surface area contributed by atoms with Crippen LogP contribution < -0.4 is 20.7 Å². The zero-order chi connectivity index (χ0) is 19.3. The van der Waals surface area contributed by atoms with Crippen molar-refractivity contribution < 1.29 is 19.1 Å². The normalized spacial score (nSPS) is 18.6. The molecule has 4 amide bonds. The zero-order valence-electron chi connectivity index (χ0n) is 15.0. The first-order chi connectivity index (χ1) is 13.0. The smallest absolute Gasteiger partial charge is 0.322 e. The lowest BCUT2D eigenvalue weighted by Gasteiger charge is -2.26. The highest BCUT2D eigenvalue weighted by atomic mass is 16.5. The topological polar surface area (TPSA) is 96.5 Å². The van der Waals surface area contributed by atoms with Gasteiger partial charge in [0.25, 0.3) is 5.91 Å². The minimum absolute atomic E-state index is 0.0447. The highest BCUT2D eigenvalue weighted by molar-refractivity contribution is 6.07. The molecule has 1 unspecified atom stereocenters. The fourth-order valence-corrected chi connectivity index (χ4v) is 3.10. The SMILES string of the molecule is CCOc1ccccc1NC(=O)CCC1(c2ccccc2)NC(=O)NC1=O. The Morgan fingerprint density at radius 3 is 2.44 bits per heavy atom. The van der Waals surface area contributed by atoms with Crippen LogP contribution in [0.5, 0.6) is 5.75 Å². The maximum absolute atomic E-state index is 12.5. The van der Waals surface area contributed by atoms with Gasteiger partial charge in [-0.2, -0.15) is 0 Å². The molecule has 1 aliphatic heterocycles. The van der Waals surface area contributed by atoms with E-state index < -0.39 is 17.5 Å². The van der Waals surface area contributed by atoms with Crippen molar-refractivity contribution in [1.29, 1.82) is 0 Å². The van der Waals surface area contributed by atoms with Crippen LogP contribution in [0.2, 0.25) is 0 Å². The van der Waals surface area contributed by atoms with Gasteiger partial charge in [0.15, 0.2) is 0 Å². The van der Waals surface area contributed by atoms with Crippen molar-refractivity contribution in [3.05, 3.63) is 60.2 Å². The number of carbonyl (C=O) groups is 3. The van der Waals surface area contributed by atoms with E-state index in [0.29, 0.717) is 23.6 Å². The number of nitrogens with one attached hydrogen (secondary N) is 3. The van der Waals surface area contributed by atoms with Gasteiger partial charge >= 0.3 is 6.03 Å². The molecule has 1 heterocycles. The summed E-state index contributed by atoms with van der Waals surface area (Å²) in [7, 11) is 0. The van der Waals surface area contributed by atoms with Crippen LogP contribution in [0.1, 0.15) is 25.3 Å². The van der Waals surface area contributed by atoms with Gasteiger partial charge in [-0.1, -0.05) is 42.5 Å². The standard InChI is InChI=1S/C20H21N3O4/c1-2-27-16-11-7-6-10-15(16)21-17(24)12-13-20(14-8-4-3-5-9-14)18(25)22-19(26)23-20/h3-11H,2,12-13H2,1H3,(H,21,24)(H2,22,23,25,26). The maximum Gasteiger partial charge on any atom is 0.322 e. The molecule has 1 fully saturated rings. The molecular formula is C20H21N3O4. The monoisotopic (exact) mass is 367 g/mol. The molecular weight excluding hydrogens is 346 g/mol. The lowest BCUT2D eigenvalue weighted by Crippen LogP contribution is -2.44. The van der Waals surface area contributed by atoms with Gasteiger partial charge in [-0.05, 0) is 31.0 Å². The van der Waals surface area contributed by atoms with E-state index in [0.717, 1.165) is 0 Å². The van der Waals surface area contributed by atoms with Gasteiger partial charge in [-0.15, -0.1) is 0 Å². The van der Waals surface area contributed by atoms with E-state index in [9.17, 15) is 14.4 Å². The molecule has 0 spiro atoms. The van der Waals surface area contributed by atoms with Gasteiger partial charge in [-0.3, -0.25) is 14.9 Å². The minimum Gasteiger partial charge on any atom is -0.492 e. The van der Waals surface area contributed by atoms with Crippen molar-refractivity contribution in [3.8, 4) is 5.75 Å². The Morgan fingerprint density at radius 2 is 1.78 bits per heavy atom. The van der Waals surface area contributed by atoms with E-state index >= 15 is 0 Å². The van der Waals surface area contributed by atoms with Crippen molar-refractivity contribution in [2.24, 2.45) is 0 Å². The largest absolute Gasteiger partial charge is 0.492 e. The number of ether oxygens (including phenoxy) is 1. The van der Waals surface area contributed by atoms with E-state index in [1.54, 1.807) is 42.5 Å². The van der Waals surface area contributed by atoms with Crippen LogP contribution in [0.4, 0.5) is 10.5 Å². The summed E-state index contributed by atoms with van der Waals surface area (Å²) in [6.07, 6.45) is 0.181. The van der Waals surface area contributed by atoms with Crippen molar-refractivity contribution >= 4 is 23.5 Å². The second-order valence-corrected chi connectivity index (χ2v) is 6.16. The Labute approximate surface area is 157 Å². The first-order valence-corrected chi connectivity index (χ1v) is 8.76. The van der Waals surface area contributed by atoms with E-state index in [-0.39, 0.29) is 18.7 Å². The Bertz CT molecular complexity index is 853. The van der Waals surface area contributed by atoms with Crippen molar-refractivity contribution in [1.82, 2.24) is 10.6 Å². The fraction of sp³-hybridized carbons (Fsp3) is 0.250. The fourth-order valence-electron chi connectivity index (χ4n) is 3.10. The summed E-state index contributed by atoms with van der Waals surface area (Å²) in [5, 5.41) is 7.75. The third kappa shape index (κ3) is 3.92. The second kappa shape index (κ2) is 7.90. The Kier molecular flexibility index (Phi) is 5.40. The molecule has 2 aromatic rings. The quantitative estimate of drug-likeness (QED) is 0.655. The minimum atomic E-state index is -1.25. The van der Waals surface area contributed by atoms with E-state index in [1.807, 2.05) is 19.1 Å². The van der Waals surface area contributed by atoms with Gasteiger partial charge in [-0.25, -0.2) is 4.79 Å². The average Bonchev–Trinajstić information content (AvgIpc) is 2.97. The van der Waals surface area contributed by atoms with Crippen LogP contribution in [0.15, 0.2) is 54.6 Å². The predicted molar refractivity (Wildman–Crippen MR) is 100 cm³/mol. The summed E-state index contributed by atoms with van der Waals surface area (Å²) >= 11 is 0. The number of anilines is 1. The number of amides is 4. The zero-order valence-corrected chi connectivity index (χ0v) is 15.0. The molecule has 0 radical (unpaired) electrons. The van der Waals surface area contributed by atoms with Gasteiger partial charge < -0.3 is 15.4 Å². The highest BCUT2D eigenvalue weighted by Crippen LogP contribution is 2.30. The van der Waals surface area contributed by atoms with Gasteiger partial charge in [0, 0.05) is 6.42 Å². The summed E-state index contributed by atoms with van der Waals surface area (Å²) in [5.74, 6) is -0.148. The van der Waals surface area contributed by atoms with E-state index in [4.69, 9.17) is 4.74 Å². The second-order valence-electron chi connectivity index (χ2n) is 6.16. The molecule has 3 rings (SSSR count). The Morgan fingerprint density at radius 1 is 1.07 bits per heavy atom. The number of hydrogen-bond donors (Lipinski definition) is 3. The van der Waals surface area contributed by atoms with E-state index in [2.05, 4.69) is 16.0 Å². The molecule has 7 nitrogen and oxygen atoms in total. The molecule has 0 aliphatic carbocycles. The predicted octanol–water partition coefficient (Wildman–Crippen LogP) is 2.54. The summed E-state index contributed by atoms with van der Waals surface area (Å²) in [5.41, 5.74) is -0.0522. The number of para-hydroxylation sites is 2. The molecule has 1 atom stereocenters. The number of rotatable bonds is 7. The first kappa shape index (κ1) is 18.4. The van der Waals surface area contributed by atoms with Crippen LogP contribution in [0.3, 0.4) is 0 Å². The third-order valence-corrected chi connectivity index (χ3v) is 4.40. The van der Waals surface area contributed by atoms with Crippen LogP contribution in [-0.4, -0.2) is 24.5 Å². The summed E-state index contributed by atoms with van der Waals surface area (Å²) in [4.78, 5) is 36.7. The number of imide groups is 1. The number of carbonyl (C=O) groups excluding carboxylic acids is 3. The molecule has 1 saturated heterocycles. The third-order valence-electron chi connectivity index (χ3n) is 4.40. The molecule has 2 aromatic carbocycles. The average molecular weight is 367 g/mol. The maximum atomic E-state index is 12.5. The van der Waals surface area contributed by atoms with Crippen LogP contribution in [-0.2, 0) is 15.1 Å². The number of urea groups is 1. The molecule has 0 bridgehead atoms. The Hall–Kier alpha value is -3.35. The number of benzene rings is 2. The molecule has 7 heteroatoms. The number of hydrogen-bond acceptors (Lipinski definition) is 4. The highest BCUT2D eigenvalue weighted by Gasteiger charge is 2.47. The lowest BCUT2D eigenvalue weighted by atomic mass is 9.85.